The number of amides is 2. The van der Waals surface area contributed by atoms with Gasteiger partial charge in [0.15, 0.2) is 0 Å². The molecule has 0 unspecified atom stereocenters. The SMILES string of the molecule is CCOc1ccc(C(=O)NCc2ccc(CNC(=O)Cc3cccc(C[C@@H](C)NC[C@H](O)c4ccc(O)c(CO)c4)c3)cc2)cc1. The summed E-state index contributed by atoms with van der Waals surface area (Å²) in [6, 6.07) is 27.5. The number of hydrogen-bond donors (Lipinski definition) is 6. The normalized spacial score (nSPS) is 12.3. The minimum Gasteiger partial charge on any atom is -0.508 e. The molecule has 9 heteroatoms. The van der Waals surface area contributed by atoms with Crippen LogP contribution in [0.3, 0.4) is 0 Å². The molecule has 0 spiro atoms. The van der Waals surface area contributed by atoms with E-state index in [2.05, 4.69) is 16.0 Å². The highest BCUT2D eigenvalue weighted by molar-refractivity contribution is 5.94. The van der Waals surface area contributed by atoms with E-state index in [1.807, 2.05) is 62.4 Å². The smallest absolute Gasteiger partial charge is 0.251 e. The van der Waals surface area contributed by atoms with Crippen molar-refractivity contribution >= 4 is 11.8 Å². The number of ether oxygens (including phenoxy) is 1. The first-order valence-corrected chi connectivity index (χ1v) is 15.5. The average Bonchev–Trinajstić information content (AvgIpc) is 3.06. The van der Waals surface area contributed by atoms with E-state index in [4.69, 9.17) is 4.74 Å². The van der Waals surface area contributed by atoms with Crippen LogP contribution in [-0.4, -0.2) is 46.3 Å². The zero-order chi connectivity index (χ0) is 32.9. The number of benzene rings is 4. The van der Waals surface area contributed by atoms with Crippen molar-refractivity contribution in [2.45, 2.75) is 58.5 Å². The molecule has 0 saturated heterocycles. The van der Waals surface area contributed by atoms with E-state index in [0.717, 1.165) is 28.0 Å². The number of nitrogens with one attached hydrogen (secondary N) is 3. The number of phenols is 1. The largest absolute Gasteiger partial charge is 0.508 e. The summed E-state index contributed by atoms with van der Waals surface area (Å²) >= 11 is 0. The Morgan fingerprint density at radius 1 is 0.826 bits per heavy atom. The quantitative estimate of drug-likeness (QED) is 0.109. The topological polar surface area (TPSA) is 140 Å². The van der Waals surface area contributed by atoms with Crippen molar-refractivity contribution in [3.05, 3.63) is 130 Å². The summed E-state index contributed by atoms with van der Waals surface area (Å²) in [7, 11) is 0. The van der Waals surface area contributed by atoms with Crippen LogP contribution in [0.25, 0.3) is 0 Å². The number of aliphatic hydroxyl groups excluding tert-OH is 2. The van der Waals surface area contributed by atoms with Crippen LogP contribution in [0, 0.1) is 0 Å². The Kier molecular flexibility index (Phi) is 12.7. The van der Waals surface area contributed by atoms with Gasteiger partial charge in [0, 0.05) is 36.8 Å². The minimum absolute atomic E-state index is 0.00271. The third-order valence-electron chi connectivity index (χ3n) is 7.61. The van der Waals surface area contributed by atoms with Crippen LogP contribution < -0.4 is 20.7 Å². The molecule has 9 nitrogen and oxygen atoms in total. The molecule has 2 amide bonds. The van der Waals surface area contributed by atoms with Crippen LogP contribution in [0.4, 0.5) is 0 Å². The van der Waals surface area contributed by atoms with E-state index in [1.54, 1.807) is 36.4 Å². The summed E-state index contributed by atoms with van der Waals surface area (Å²) < 4.78 is 5.42. The Balaban J connectivity index is 1.18. The average molecular weight is 626 g/mol. The predicted octanol–water partition coefficient (Wildman–Crippen LogP) is 4.33. The lowest BCUT2D eigenvalue weighted by Crippen LogP contribution is -2.32. The third-order valence-corrected chi connectivity index (χ3v) is 7.61. The second-order valence-electron chi connectivity index (χ2n) is 11.3. The molecule has 0 aromatic heterocycles. The standard InChI is InChI=1S/C37H43N3O6/c1-3-46-33-14-11-30(12-15-33)37(45)40-22-27-9-7-26(8-10-27)21-39-36(44)19-29-6-4-5-28(18-29)17-25(2)38-23-35(43)31-13-16-34(42)32(20-31)24-41/h4-16,18,20,25,35,38,41-43H,3,17,19,21-24H2,1-2H3,(H,39,44)(H,40,45)/t25-,35+/m1/s1. The Morgan fingerprint density at radius 3 is 2.17 bits per heavy atom. The number of aliphatic hydroxyl groups is 2. The summed E-state index contributed by atoms with van der Waals surface area (Å²) in [5, 5.41) is 38.9. The van der Waals surface area contributed by atoms with E-state index < -0.39 is 6.10 Å². The molecule has 2 atom stereocenters. The van der Waals surface area contributed by atoms with Crippen molar-refractivity contribution < 1.29 is 29.6 Å². The second-order valence-corrected chi connectivity index (χ2v) is 11.3. The van der Waals surface area contributed by atoms with E-state index >= 15 is 0 Å². The van der Waals surface area contributed by atoms with Crippen molar-refractivity contribution in [3.63, 3.8) is 0 Å². The molecule has 0 aliphatic heterocycles. The number of aromatic hydroxyl groups is 1. The lowest BCUT2D eigenvalue weighted by molar-refractivity contribution is -0.120. The van der Waals surface area contributed by atoms with Crippen LogP contribution >= 0.6 is 0 Å². The monoisotopic (exact) mass is 625 g/mol. The zero-order valence-electron chi connectivity index (χ0n) is 26.3. The van der Waals surface area contributed by atoms with E-state index in [-0.39, 0.29) is 36.6 Å². The molecule has 0 saturated carbocycles. The maximum atomic E-state index is 12.7. The highest BCUT2D eigenvalue weighted by Gasteiger charge is 2.13. The third kappa shape index (κ3) is 10.4. The van der Waals surface area contributed by atoms with Gasteiger partial charge in [0.1, 0.15) is 11.5 Å². The van der Waals surface area contributed by atoms with Crippen molar-refractivity contribution in [3.8, 4) is 11.5 Å². The van der Waals surface area contributed by atoms with Gasteiger partial charge >= 0.3 is 0 Å². The molecule has 6 N–H and O–H groups in total. The summed E-state index contributed by atoms with van der Waals surface area (Å²) in [5.74, 6) is 0.503. The Hall–Kier alpha value is -4.70. The van der Waals surface area contributed by atoms with Gasteiger partial charge in [-0.2, -0.15) is 0 Å². The Labute approximate surface area is 270 Å². The van der Waals surface area contributed by atoms with Crippen molar-refractivity contribution in [2.75, 3.05) is 13.2 Å². The van der Waals surface area contributed by atoms with E-state index in [1.165, 1.54) is 6.07 Å². The van der Waals surface area contributed by atoms with Gasteiger partial charge in [-0.05, 0) is 84.5 Å². The van der Waals surface area contributed by atoms with Crippen molar-refractivity contribution in [1.82, 2.24) is 16.0 Å². The maximum absolute atomic E-state index is 12.7. The maximum Gasteiger partial charge on any atom is 0.251 e. The molecule has 0 radical (unpaired) electrons. The van der Waals surface area contributed by atoms with Gasteiger partial charge in [0.05, 0.1) is 25.7 Å². The molecule has 242 valence electrons. The molecule has 4 rings (SSSR count). The van der Waals surface area contributed by atoms with Crippen LogP contribution in [0.15, 0.2) is 91.0 Å². The van der Waals surface area contributed by atoms with Gasteiger partial charge in [-0.25, -0.2) is 0 Å². The van der Waals surface area contributed by atoms with Crippen molar-refractivity contribution in [1.29, 1.82) is 0 Å². The van der Waals surface area contributed by atoms with Gasteiger partial charge in [0.2, 0.25) is 5.91 Å². The second kappa shape index (κ2) is 17.1. The molecular weight excluding hydrogens is 582 g/mol. The molecule has 0 bridgehead atoms. The first kappa shape index (κ1) is 34.2. The van der Waals surface area contributed by atoms with Crippen LogP contribution in [0.1, 0.15) is 63.7 Å². The number of rotatable bonds is 16. The highest BCUT2D eigenvalue weighted by Crippen LogP contribution is 2.22. The number of carbonyl (C=O) groups is 2. The lowest BCUT2D eigenvalue weighted by atomic mass is 10.0. The first-order chi connectivity index (χ1) is 22.2. The summed E-state index contributed by atoms with van der Waals surface area (Å²) in [6.07, 6.45) is 0.195. The number of carbonyl (C=O) groups excluding carboxylic acids is 2. The van der Waals surface area contributed by atoms with Gasteiger partial charge in [0.25, 0.3) is 5.91 Å². The Bertz CT molecular complexity index is 1570. The Morgan fingerprint density at radius 2 is 1.50 bits per heavy atom. The molecular formula is C37H43N3O6. The molecule has 4 aromatic carbocycles. The van der Waals surface area contributed by atoms with Gasteiger partial charge in [-0.3, -0.25) is 9.59 Å². The van der Waals surface area contributed by atoms with Crippen LogP contribution in [0.5, 0.6) is 11.5 Å². The molecule has 0 aliphatic carbocycles. The van der Waals surface area contributed by atoms with Crippen molar-refractivity contribution in [2.24, 2.45) is 0 Å². The zero-order valence-corrected chi connectivity index (χ0v) is 26.3. The highest BCUT2D eigenvalue weighted by atomic mass is 16.5. The minimum atomic E-state index is -0.782. The predicted molar refractivity (Wildman–Crippen MR) is 177 cm³/mol. The molecule has 0 heterocycles. The number of hydrogen-bond acceptors (Lipinski definition) is 7. The molecule has 46 heavy (non-hydrogen) atoms. The van der Waals surface area contributed by atoms with Crippen LogP contribution in [-0.2, 0) is 37.3 Å². The van der Waals surface area contributed by atoms with E-state index in [9.17, 15) is 24.9 Å². The molecule has 0 fully saturated rings. The van der Waals surface area contributed by atoms with Crippen LogP contribution in [0.2, 0.25) is 0 Å². The fourth-order valence-corrected chi connectivity index (χ4v) is 5.04. The summed E-state index contributed by atoms with van der Waals surface area (Å²) in [5.41, 5.74) is 5.49. The fraction of sp³-hybridized carbons (Fsp3) is 0.297. The fourth-order valence-electron chi connectivity index (χ4n) is 5.04. The van der Waals surface area contributed by atoms with Gasteiger partial charge < -0.3 is 36.0 Å². The first-order valence-electron chi connectivity index (χ1n) is 15.5. The lowest BCUT2D eigenvalue weighted by Gasteiger charge is -2.18. The molecule has 4 aromatic rings. The summed E-state index contributed by atoms with van der Waals surface area (Å²) in [4.78, 5) is 25.2. The molecule has 0 aliphatic rings. The van der Waals surface area contributed by atoms with Gasteiger partial charge in [-0.15, -0.1) is 0 Å². The van der Waals surface area contributed by atoms with Gasteiger partial charge in [-0.1, -0.05) is 54.6 Å². The summed E-state index contributed by atoms with van der Waals surface area (Å²) in [6.45, 7) is 5.34. The van der Waals surface area contributed by atoms with E-state index in [0.29, 0.717) is 49.4 Å².